The van der Waals surface area contributed by atoms with Crippen molar-refractivity contribution in [3.63, 3.8) is 0 Å². The summed E-state index contributed by atoms with van der Waals surface area (Å²) >= 11 is 1.66. The van der Waals surface area contributed by atoms with E-state index in [1.165, 1.54) is 29.7 Å². The molecule has 96 valence electrons. The molecule has 0 saturated carbocycles. The Morgan fingerprint density at radius 1 is 1.32 bits per heavy atom. The molecule has 0 atom stereocenters. The van der Waals surface area contributed by atoms with E-state index in [9.17, 15) is 5.26 Å². The zero-order chi connectivity index (χ0) is 13.1. The van der Waals surface area contributed by atoms with Crippen LogP contribution in [0, 0.1) is 11.3 Å². The number of nitriles is 1. The van der Waals surface area contributed by atoms with E-state index in [2.05, 4.69) is 11.1 Å². The molecule has 0 fully saturated rings. The minimum atomic E-state index is 0.715. The van der Waals surface area contributed by atoms with Crippen LogP contribution in [0.5, 0.6) is 0 Å². The van der Waals surface area contributed by atoms with Crippen molar-refractivity contribution in [2.45, 2.75) is 32.1 Å². The lowest BCUT2D eigenvalue weighted by atomic mass is 10.1. The van der Waals surface area contributed by atoms with E-state index < -0.39 is 0 Å². The topological polar surface area (TPSA) is 49.3 Å². The molecule has 4 heteroatoms. The Labute approximate surface area is 116 Å². The molecule has 2 aromatic rings. The Balaban J connectivity index is 1.96. The lowest BCUT2D eigenvalue weighted by molar-refractivity contribution is 0.560. The zero-order valence-corrected chi connectivity index (χ0v) is 11.4. The summed E-state index contributed by atoms with van der Waals surface area (Å²) in [5, 5.41) is 10.2. The molecule has 0 unspecified atom stereocenters. The SMILES string of the molecule is N#Cc1c(N=Cc2ccco2)sc2c1CCCCC2. The van der Waals surface area contributed by atoms with Gasteiger partial charge in [0.25, 0.3) is 0 Å². The van der Waals surface area contributed by atoms with Crippen LogP contribution in [0.1, 0.15) is 41.0 Å². The quantitative estimate of drug-likeness (QED) is 0.605. The molecular formula is C15H14N2OS. The van der Waals surface area contributed by atoms with Crippen LogP contribution < -0.4 is 0 Å². The van der Waals surface area contributed by atoms with Crippen molar-refractivity contribution in [3.8, 4) is 6.07 Å². The van der Waals surface area contributed by atoms with E-state index in [1.54, 1.807) is 23.8 Å². The number of furan rings is 1. The van der Waals surface area contributed by atoms with Crippen molar-refractivity contribution in [1.29, 1.82) is 5.26 Å². The maximum absolute atomic E-state index is 9.37. The number of hydrogen-bond acceptors (Lipinski definition) is 4. The van der Waals surface area contributed by atoms with Crippen molar-refractivity contribution in [3.05, 3.63) is 40.2 Å². The first-order valence-corrected chi connectivity index (χ1v) is 7.32. The zero-order valence-electron chi connectivity index (χ0n) is 10.6. The fourth-order valence-corrected chi connectivity index (χ4v) is 3.60. The molecule has 2 heterocycles. The molecule has 0 bridgehead atoms. The first kappa shape index (κ1) is 12.2. The van der Waals surface area contributed by atoms with Gasteiger partial charge >= 0.3 is 0 Å². The highest BCUT2D eigenvalue weighted by atomic mass is 32.1. The molecule has 3 nitrogen and oxygen atoms in total. The Morgan fingerprint density at radius 3 is 3.00 bits per heavy atom. The molecular weight excluding hydrogens is 256 g/mol. The number of thiophene rings is 1. The fraction of sp³-hybridized carbons (Fsp3) is 0.333. The molecule has 0 saturated heterocycles. The Morgan fingerprint density at radius 2 is 2.21 bits per heavy atom. The molecule has 0 spiro atoms. The predicted octanol–water partition coefficient (Wildman–Crippen LogP) is 4.23. The summed E-state index contributed by atoms with van der Waals surface area (Å²) in [7, 11) is 0. The van der Waals surface area contributed by atoms with Crippen LogP contribution in [0.15, 0.2) is 27.8 Å². The van der Waals surface area contributed by atoms with E-state index >= 15 is 0 Å². The maximum Gasteiger partial charge on any atom is 0.144 e. The summed E-state index contributed by atoms with van der Waals surface area (Å²) in [4.78, 5) is 5.78. The first-order valence-electron chi connectivity index (χ1n) is 6.50. The monoisotopic (exact) mass is 270 g/mol. The molecule has 1 aliphatic carbocycles. The Bertz CT molecular complexity index is 632. The van der Waals surface area contributed by atoms with Crippen LogP contribution in [-0.4, -0.2) is 6.21 Å². The van der Waals surface area contributed by atoms with Gasteiger partial charge in [-0.3, -0.25) is 0 Å². The molecule has 1 aliphatic rings. The van der Waals surface area contributed by atoms with E-state index in [1.807, 2.05) is 12.1 Å². The molecule has 0 radical (unpaired) electrons. The van der Waals surface area contributed by atoms with Crippen molar-refractivity contribution in [2.75, 3.05) is 0 Å². The van der Waals surface area contributed by atoms with Gasteiger partial charge in [0.2, 0.25) is 0 Å². The van der Waals surface area contributed by atoms with Crippen LogP contribution >= 0.6 is 11.3 Å². The lowest BCUT2D eigenvalue weighted by Crippen LogP contribution is -1.87. The van der Waals surface area contributed by atoms with Gasteiger partial charge in [0.1, 0.15) is 16.8 Å². The second-order valence-corrected chi connectivity index (χ2v) is 5.71. The van der Waals surface area contributed by atoms with E-state index in [0.29, 0.717) is 5.76 Å². The van der Waals surface area contributed by atoms with Crippen LogP contribution in [0.25, 0.3) is 0 Å². The molecule has 3 rings (SSSR count). The van der Waals surface area contributed by atoms with Gasteiger partial charge < -0.3 is 4.42 Å². The first-order chi connectivity index (χ1) is 9.38. The highest BCUT2D eigenvalue weighted by Crippen LogP contribution is 2.38. The minimum Gasteiger partial charge on any atom is -0.463 e. The standard InChI is InChI=1S/C15H14N2OS/c16-9-13-12-6-2-1-3-7-14(12)19-15(13)17-10-11-5-4-8-18-11/h4-5,8,10H,1-3,6-7H2. The van der Waals surface area contributed by atoms with Crippen LogP contribution in [0.3, 0.4) is 0 Å². The lowest BCUT2D eigenvalue weighted by Gasteiger charge is -1.96. The van der Waals surface area contributed by atoms with E-state index in [4.69, 9.17) is 4.42 Å². The number of nitrogens with zero attached hydrogens (tertiary/aromatic N) is 2. The number of aliphatic imine (C=N–C) groups is 1. The fourth-order valence-electron chi connectivity index (χ4n) is 2.42. The van der Waals surface area contributed by atoms with Crippen molar-refractivity contribution in [1.82, 2.24) is 0 Å². The molecule has 0 aromatic carbocycles. The van der Waals surface area contributed by atoms with Crippen molar-refractivity contribution >= 4 is 22.6 Å². The largest absolute Gasteiger partial charge is 0.463 e. The van der Waals surface area contributed by atoms with Gasteiger partial charge in [0, 0.05) is 4.88 Å². The third-order valence-corrected chi connectivity index (χ3v) is 4.57. The van der Waals surface area contributed by atoms with Gasteiger partial charge in [0.15, 0.2) is 0 Å². The highest BCUT2D eigenvalue weighted by Gasteiger charge is 2.19. The number of rotatable bonds is 2. The second-order valence-electron chi connectivity index (χ2n) is 4.63. The Kier molecular flexibility index (Phi) is 3.47. The highest BCUT2D eigenvalue weighted by molar-refractivity contribution is 7.16. The van der Waals surface area contributed by atoms with Gasteiger partial charge in [-0.05, 0) is 43.4 Å². The minimum absolute atomic E-state index is 0.715. The Hall–Kier alpha value is -1.86. The third-order valence-electron chi connectivity index (χ3n) is 3.37. The van der Waals surface area contributed by atoms with Crippen LogP contribution in [0.2, 0.25) is 0 Å². The average Bonchev–Trinajstić information content (AvgIpc) is 2.99. The van der Waals surface area contributed by atoms with Gasteiger partial charge in [-0.25, -0.2) is 4.99 Å². The van der Waals surface area contributed by atoms with Crippen LogP contribution in [0.4, 0.5) is 5.00 Å². The third kappa shape index (κ3) is 2.47. The summed E-state index contributed by atoms with van der Waals surface area (Å²) in [6.07, 6.45) is 9.08. The summed E-state index contributed by atoms with van der Waals surface area (Å²) in [5.74, 6) is 0.715. The van der Waals surface area contributed by atoms with Gasteiger partial charge in [-0.1, -0.05) is 6.42 Å². The van der Waals surface area contributed by atoms with Crippen molar-refractivity contribution in [2.24, 2.45) is 4.99 Å². The van der Waals surface area contributed by atoms with Crippen molar-refractivity contribution < 1.29 is 4.42 Å². The normalized spacial score (nSPS) is 15.1. The number of fused-ring (bicyclic) bond motifs is 1. The second kappa shape index (κ2) is 5.41. The van der Waals surface area contributed by atoms with Gasteiger partial charge in [0.05, 0.1) is 18.0 Å². The predicted molar refractivity (Wildman–Crippen MR) is 76.3 cm³/mol. The van der Waals surface area contributed by atoms with Crippen LogP contribution in [-0.2, 0) is 12.8 Å². The van der Waals surface area contributed by atoms with E-state index in [0.717, 1.165) is 23.4 Å². The summed E-state index contributed by atoms with van der Waals surface area (Å²) < 4.78 is 5.22. The molecule has 19 heavy (non-hydrogen) atoms. The number of hydrogen-bond donors (Lipinski definition) is 0. The van der Waals surface area contributed by atoms with Gasteiger partial charge in [-0.15, -0.1) is 11.3 Å². The molecule has 0 N–H and O–H groups in total. The molecule has 2 aromatic heterocycles. The average molecular weight is 270 g/mol. The summed E-state index contributed by atoms with van der Waals surface area (Å²) in [6, 6.07) is 6.01. The van der Waals surface area contributed by atoms with Gasteiger partial charge in [-0.2, -0.15) is 5.26 Å². The van der Waals surface area contributed by atoms with E-state index in [-0.39, 0.29) is 0 Å². The maximum atomic E-state index is 9.37. The summed E-state index contributed by atoms with van der Waals surface area (Å²) in [6.45, 7) is 0. The molecule has 0 aliphatic heterocycles. The summed E-state index contributed by atoms with van der Waals surface area (Å²) in [5.41, 5.74) is 2.00. The smallest absolute Gasteiger partial charge is 0.144 e. The number of aryl methyl sites for hydroxylation is 1. The molecule has 0 amide bonds.